The lowest BCUT2D eigenvalue weighted by atomic mass is 9.95. The van der Waals surface area contributed by atoms with E-state index >= 15 is 0 Å². The zero-order chi connectivity index (χ0) is 9.97. The minimum Gasteiger partial charge on any atom is -0.473 e. The molecule has 3 nitrogen and oxygen atoms in total. The Balaban J connectivity index is 2.01. The highest BCUT2D eigenvalue weighted by Gasteiger charge is 2.20. The molecular formula is C10H16N2OS. The van der Waals surface area contributed by atoms with Crippen LogP contribution in [-0.2, 0) is 0 Å². The number of hydrogen-bond acceptors (Lipinski definition) is 4. The summed E-state index contributed by atoms with van der Waals surface area (Å²) < 4.78 is 5.10. The van der Waals surface area contributed by atoms with Gasteiger partial charge in [0, 0.05) is 11.3 Å². The number of ether oxygens (including phenoxy) is 1. The van der Waals surface area contributed by atoms with E-state index in [0.29, 0.717) is 5.92 Å². The maximum atomic E-state index is 5.10. The first-order valence-corrected chi connectivity index (χ1v) is 5.85. The molecule has 1 aromatic heterocycles. The highest BCUT2D eigenvalue weighted by Crippen LogP contribution is 2.30. The predicted octanol–water partition coefficient (Wildman–Crippen LogP) is 1.96. The van der Waals surface area contributed by atoms with E-state index < -0.39 is 0 Å². The van der Waals surface area contributed by atoms with Gasteiger partial charge < -0.3 is 9.64 Å². The van der Waals surface area contributed by atoms with Gasteiger partial charge in [0.05, 0.1) is 12.8 Å². The van der Waals surface area contributed by atoms with Crippen molar-refractivity contribution in [3.05, 3.63) is 11.1 Å². The van der Waals surface area contributed by atoms with Crippen molar-refractivity contribution in [1.29, 1.82) is 0 Å². The molecule has 0 aliphatic carbocycles. The van der Waals surface area contributed by atoms with Crippen molar-refractivity contribution < 1.29 is 4.74 Å². The highest BCUT2D eigenvalue weighted by atomic mass is 32.1. The van der Waals surface area contributed by atoms with E-state index in [4.69, 9.17) is 4.74 Å². The summed E-state index contributed by atoms with van der Waals surface area (Å²) in [6.45, 7) is 2.37. The minimum absolute atomic E-state index is 0.645. The van der Waals surface area contributed by atoms with E-state index in [0.717, 1.165) is 5.19 Å². The molecular weight excluding hydrogens is 196 g/mol. The van der Waals surface area contributed by atoms with E-state index in [2.05, 4.69) is 22.3 Å². The summed E-state index contributed by atoms with van der Waals surface area (Å²) in [6, 6.07) is 0. The fraction of sp³-hybridized carbons (Fsp3) is 0.700. The normalized spacial score (nSPS) is 19.9. The molecule has 2 heterocycles. The Kier molecular flexibility index (Phi) is 3.03. The number of aromatic nitrogens is 1. The first kappa shape index (κ1) is 9.93. The number of rotatable bonds is 2. The van der Waals surface area contributed by atoms with Crippen LogP contribution in [0.2, 0.25) is 0 Å². The van der Waals surface area contributed by atoms with Gasteiger partial charge in [-0.15, -0.1) is 0 Å². The number of nitrogens with zero attached hydrogens (tertiary/aromatic N) is 2. The number of hydrogen-bond donors (Lipinski definition) is 0. The summed E-state index contributed by atoms with van der Waals surface area (Å²) in [4.78, 5) is 6.83. The summed E-state index contributed by atoms with van der Waals surface area (Å²) in [6.07, 6.45) is 2.45. The lowest BCUT2D eigenvalue weighted by Gasteiger charge is -2.27. The van der Waals surface area contributed by atoms with Gasteiger partial charge in [-0.3, -0.25) is 0 Å². The number of piperidine rings is 1. The van der Waals surface area contributed by atoms with Gasteiger partial charge in [-0.05, 0) is 33.0 Å². The smallest absolute Gasteiger partial charge is 0.273 e. The largest absolute Gasteiger partial charge is 0.473 e. The molecule has 14 heavy (non-hydrogen) atoms. The average molecular weight is 212 g/mol. The molecule has 1 saturated heterocycles. The number of likely N-dealkylation sites (tertiary alicyclic amines) is 1. The predicted molar refractivity (Wildman–Crippen MR) is 58.1 cm³/mol. The first-order chi connectivity index (χ1) is 6.79. The summed E-state index contributed by atoms with van der Waals surface area (Å²) >= 11 is 1.60. The van der Waals surface area contributed by atoms with Crippen LogP contribution < -0.4 is 4.74 Å². The van der Waals surface area contributed by atoms with Crippen LogP contribution >= 0.6 is 11.3 Å². The molecule has 0 radical (unpaired) electrons. The summed E-state index contributed by atoms with van der Waals surface area (Å²) in [7, 11) is 3.86. The van der Waals surface area contributed by atoms with Crippen molar-refractivity contribution in [2.75, 3.05) is 27.2 Å². The van der Waals surface area contributed by atoms with Crippen LogP contribution in [0.1, 0.15) is 24.5 Å². The Morgan fingerprint density at radius 1 is 1.50 bits per heavy atom. The standard InChI is InChI=1S/C10H16N2OS/c1-12-5-3-8(4-6-12)9-7-14-10(11-9)13-2/h7-8H,3-6H2,1-2H3. The van der Waals surface area contributed by atoms with Crippen LogP contribution in [-0.4, -0.2) is 37.1 Å². The number of thiazole rings is 1. The molecule has 4 heteroatoms. The van der Waals surface area contributed by atoms with Gasteiger partial charge in [0.2, 0.25) is 0 Å². The second kappa shape index (κ2) is 4.28. The zero-order valence-electron chi connectivity index (χ0n) is 8.69. The van der Waals surface area contributed by atoms with Gasteiger partial charge in [0.25, 0.3) is 5.19 Å². The van der Waals surface area contributed by atoms with Crippen molar-refractivity contribution in [2.45, 2.75) is 18.8 Å². The zero-order valence-corrected chi connectivity index (χ0v) is 9.51. The van der Waals surface area contributed by atoms with Gasteiger partial charge in [0.15, 0.2) is 0 Å². The van der Waals surface area contributed by atoms with Gasteiger partial charge in [-0.25, -0.2) is 4.98 Å². The van der Waals surface area contributed by atoms with Crippen LogP contribution in [0.3, 0.4) is 0 Å². The molecule has 1 aliphatic rings. The Morgan fingerprint density at radius 2 is 2.21 bits per heavy atom. The highest BCUT2D eigenvalue weighted by molar-refractivity contribution is 7.11. The van der Waals surface area contributed by atoms with Gasteiger partial charge in [-0.1, -0.05) is 11.3 Å². The molecule has 0 aromatic carbocycles. The van der Waals surface area contributed by atoms with Crippen LogP contribution in [0, 0.1) is 0 Å². The molecule has 1 fully saturated rings. The van der Waals surface area contributed by atoms with E-state index in [1.807, 2.05) is 0 Å². The van der Waals surface area contributed by atoms with Crippen molar-refractivity contribution in [1.82, 2.24) is 9.88 Å². The number of methoxy groups -OCH3 is 1. The molecule has 78 valence electrons. The SMILES string of the molecule is COc1nc(C2CCN(C)CC2)cs1. The molecule has 0 saturated carbocycles. The van der Waals surface area contributed by atoms with Gasteiger partial charge in [-0.2, -0.15) is 0 Å². The third-order valence-electron chi connectivity index (χ3n) is 2.81. The van der Waals surface area contributed by atoms with Crippen molar-refractivity contribution in [3.63, 3.8) is 0 Å². The van der Waals surface area contributed by atoms with E-state index in [1.54, 1.807) is 18.4 Å². The molecule has 2 rings (SSSR count). The van der Waals surface area contributed by atoms with Crippen molar-refractivity contribution >= 4 is 11.3 Å². The summed E-state index contributed by atoms with van der Waals surface area (Å²) in [5, 5.41) is 2.92. The maximum Gasteiger partial charge on any atom is 0.273 e. The average Bonchev–Trinajstić information content (AvgIpc) is 2.67. The molecule has 0 atom stereocenters. The first-order valence-electron chi connectivity index (χ1n) is 4.97. The monoisotopic (exact) mass is 212 g/mol. The molecule has 1 aliphatic heterocycles. The molecule has 0 amide bonds. The van der Waals surface area contributed by atoms with Gasteiger partial charge in [0.1, 0.15) is 0 Å². The Morgan fingerprint density at radius 3 is 2.79 bits per heavy atom. The fourth-order valence-electron chi connectivity index (χ4n) is 1.85. The van der Waals surface area contributed by atoms with E-state index in [1.165, 1.54) is 31.6 Å². The van der Waals surface area contributed by atoms with Crippen molar-refractivity contribution in [3.8, 4) is 5.19 Å². The fourth-order valence-corrected chi connectivity index (χ4v) is 2.58. The molecule has 1 aromatic rings. The molecule has 0 spiro atoms. The third kappa shape index (κ3) is 2.07. The van der Waals surface area contributed by atoms with Crippen LogP contribution in [0.4, 0.5) is 0 Å². The van der Waals surface area contributed by atoms with Crippen LogP contribution in [0.5, 0.6) is 5.19 Å². The van der Waals surface area contributed by atoms with Gasteiger partial charge >= 0.3 is 0 Å². The lowest BCUT2D eigenvalue weighted by molar-refractivity contribution is 0.253. The summed E-state index contributed by atoms with van der Waals surface area (Å²) in [5.41, 5.74) is 1.22. The Bertz CT molecular complexity index is 292. The minimum atomic E-state index is 0.645. The Labute approximate surface area is 88.7 Å². The second-order valence-electron chi connectivity index (χ2n) is 3.82. The quantitative estimate of drug-likeness (QED) is 0.749. The second-order valence-corrected chi connectivity index (χ2v) is 4.64. The molecule has 0 N–H and O–H groups in total. The molecule has 0 unspecified atom stereocenters. The van der Waals surface area contributed by atoms with E-state index in [-0.39, 0.29) is 0 Å². The lowest BCUT2D eigenvalue weighted by Crippen LogP contribution is -2.29. The third-order valence-corrected chi connectivity index (χ3v) is 3.63. The van der Waals surface area contributed by atoms with Crippen LogP contribution in [0.15, 0.2) is 5.38 Å². The van der Waals surface area contributed by atoms with Crippen LogP contribution in [0.25, 0.3) is 0 Å². The van der Waals surface area contributed by atoms with E-state index in [9.17, 15) is 0 Å². The molecule has 0 bridgehead atoms. The van der Waals surface area contributed by atoms with Crippen molar-refractivity contribution in [2.24, 2.45) is 0 Å². The summed E-state index contributed by atoms with van der Waals surface area (Å²) in [5.74, 6) is 0.645. The Hall–Kier alpha value is -0.610. The topological polar surface area (TPSA) is 25.4 Å². The maximum absolute atomic E-state index is 5.10.